The summed E-state index contributed by atoms with van der Waals surface area (Å²) in [6.45, 7) is 2.12. The lowest BCUT2D eigenvalue weighted by atomic mass is 9.73. The van der Waals surface area contributed by atoms with Crippen molar-refractivity contribution in [2.24, 2.45) is 5.92 Å². The molecule has 1 aliphatic carbocycles. The van der Waals surface area contributed by atoms with Gasteiger partial charge in [0.05, 0.1) is 0 Å². The number of imide groups is 1. The molecule has 0 radical (unpaired) electrons. The van der Waals surface area contributed by atoms with Gasteiger partial charge in [-0.3, -0.25) is 14.5 Å². The largest absolute Gasteiger partial charge is 0.340 e. The molecular formula is C19H24ClN3O3. The Morgan fingerprint density at radius 3 is 2.85 bits per heavy atom. The lowest BCUT2D eigenvalue weighted by Crippen LogP contribution is -2.54. The Morgan fingerprint density at radius 2 is 2.15 bits per heavy atom. The molecule has 2 fully saturated rings. The van der Waals surface area contributed by atoms with Crippen molar-refractivity contribution in [3.8, 4) is 0 Å². The first-order chi connectivity index (χ1) is 12.3. The van der Waals surface area contributed by atoms with Crippen LogP contribution in [0.15, 0.2) is 24.3 Å². The first-order valence-corrected chi connectivity index (χ1v) is 9.34. The molecule has 1 aromatic carbocycles. The van der Waals surface area contributed by atoms with E-state index in [4.69, 9.17) is 11.6 Å². The Hall–Kier alpha value is -2.08. The van der Waals surface area contributed by atoms with Gasteiger partial charge in [-0.05, 0) is 36.5 Å². The lowest BCUT2D eigenvalue weighted by Gasteiger charge is -2.36. The quantitative estimate of drug-likeness (QED) is 0.820. The summed E-state index contributed by atoms with van der Waals surface area (Å²) in [6.07, 6.45) is 3.52. The fourth-order valence-corrected chi connectivity index (χ4v) is 4.11. The molecule has 4 amide bonds. The predicted octanol–water partition coefficient (Wildman–Crippen LogP) is 2.80. The number of nitrogens with one attached hydrogen (secondary N) is 1. The number of urea groups is 1. The molecular weight excluding hydrogens is 354 g/mol. The van der Waals surface area contributed by atoms with Gasteiger partial charge < -0.3 is 10.2 Å². The number of amides is 4. The molecule has 2 atom stereocenters. The molecule has 1 aliphatic heterocycles. The van der Waals surface area contributed by atoms with Crippen LogP contribution in [0.2, 0.25) is 5.02 Å². The number of halogens is 1. The summed E-state index contributed by atoms with van der Waals surface area (Å²) in [5.74, 6) is -0.467. The number of carbonyl (C=O) groups is 3. The van der Waals surface area contributed by atoms with Crippen molar-refractivity contribution < 1.29 is 14.4 Å². The van der Waals surface area contributed by atoms with Crippen LogP contribution >= 0.6 is 11.6 Å². The van der Waals surface area contributed by atoms with Gasteiger partial charge in [0, 0.05) is 18.6 Å². The summed E-state index contributed by atoms with van der Waals surface area (Å²) in [6, 6.07) is 6.79. The molecule has 0 bridgehead atoms. The van der Waals surface area contributed by atoms with E-state index in [0.29, 0.717) is 18.0 Å². The zero-order valence-electron chi connectivity index (χ0n) is 15.1. The minimum absolute atomic E-state index is 0.0805. The van der Waals surface area contributed by atoms with E-state index in [2.05, 4.69) is 5.32 Å². The second kappa shape index (κ2) is 7.27. The standard InChI is InChI=1S/C19H24ClN3O3/c1-13-6-3-4-9-19(13)17(25)23(18(26)21-19)12-16(24)22(2)11-14-7-5-8-15(20)10-14/h5,7-8,10,13H,3-4,6,9,11-12H2,1-2H3,(H,21,26)/t13-,19+/m1/s1. The van der Waals surface area contributed by atoms with Gasteiger partial charge in [0.2, 0.25) is 5.91 Å². The molecule has 1 spiro atoms. The molecule has 0 unspecified atom stereocenters. The van der Waals surface area contributed by atoms with Gasteiger partial charge in [-0.1, -0.05) is 43.5 Å². The van der Waals surface area contributed by atoms with Crippen LogP contribution in [0, 0.1) is 5.92 Å². The zero-order valence-corrected chi connectivity index (χ0v) is 15.9. The summed E-state index contributed by atoms with van der Waals surface area (Å²) in [5.41, 5.74) is 0.0594. The fourth-order valence-electron chi connectivity index (χ4n) is 3.89. The van der Waals surface area contributed by atoms with Gasteiger partial charge in [-0.25, -0.2) is 4.79 Å². The maximum absolute atomic E-state index is 12.9. The number of nitrogens with zero attached hydrogens (tertiary/aromatic N) is 2. The third-order valence-electron chi connectivity index (χ3n) is 5.53. The summed E-state index contributed by atoms with van der Waals surface area (Å²) in [7, 11) is 1.65. The molecule has 1 aromatic rings. The Balaban J connectivity index is 1.67. The molecule has 6 nitrogen and oxygen atoms in total. The molecule has 1 saturated heterocycles. The van der Waals surface area contributed by atoms with Crippen LogP contribution < -0.4 is 5.32 Å². The Bertz CT molecular complexity index is 738. The van der Waals surface area contributed by atoms with E-state index in [1.165, 1.54) is 4.90 Å². The normalized spacial score (nSPS) is 25.5. The molecule has 1 N–H and O–H groups in total. The van der Waals surface area contributed by atoms with Gasteiger partial charge in [0.1, 0.15) is 12.1 Å². The van der Waals surface area contributed by atoms with Crippen molar-refractivity contribution in [2.45, 2.75) is 44.7 Å². The highest BCUT2D eigenvalue weighted by atomic mass is 35.5. The van der Waals surface area contributed by atoms with Crippen LogP contribution in [0.3, 0.4) is 0 Å². The highest BCUT2D eigenvalue weighted by molar-refractivity contribution is 6.30. The zero-order chi connectivity index (χ0) is 18.9. The van der Waals surface area contributed by atoms with Crippen molar-refractivity contribution >= 4 is 29.4 Å². The Morgan fingerprint density at radius 1 is 1.38 bits per heavy atom. The summed E-state index contributed by atoms with van der Waals surface area (Å²) in [5, 5.41) is 3.47. The molecule has 0 aromatic heterocycles. The van der Waals surface area contributed by atoms with E-state index in [0.717, 1.165) is 29.7 Å². The second-order valence-corrected chi connectivity index (χ2v) is 7.76. The molecule has 3 rings (SSSR count). The summed E-state index contributed by atoms with van der Waals surface area (Å²) >= 11 is 5.97. The van der Waals surface area contributed by atoms with Crippen molar-refractivity contribution in [3.05, 3.63) is 34.9 Å². The van der Waals surface area contributed by atoms with Crippen LogP contribution in [0.5, 0.6) is 0 Å². The lowest BCUT2D eigenvalue weighted by molar-refractivity contribution is -0.140. The second-order valence-electron chi connectivity index (χ2n) is 7.32. The van der Waals surface area contributed by atoms with E-state index in [-0.39, 0.29) is 24.3 Å². The smallest absolute Gasteiger partial charge is 0.325 e. The van der Waals surface area contributed by atoms with Crippen LogP contribution in [0.4, 0.5) is 4.79 Å². The maximum Gasteiger partial charge on any atom is 0.325 e. The SMILES string of the molecule is C[C@@H]1CCCC[C@]12NC(=O)N(CC(=O)N(C)Cc1cccc(Cl)c1)C2=O. The number of hydrogen-bond donors (Lipinski definition) is 1. The molecule has 26 heavy (non-hydrogen) atoms. The van der Waals surface area contributed by atoms with Gasteiger partial charge in [0.25, 0.3) is 5.91 Å². The van der Waals surface area contributed by atoms with Crippen molar-refractivity contribution in [1.82, 2.24) is 15.1 Å². The predicted molar refractivity (Wildman–Crippen MR) is 98.5 cm³/mol. The van der Waals surface area contributed by atoms with E-state index in [9.17, 15) is 14.4 Å². The molecule has 140 valence electrons. The van der Waals surface area contributed by atoms with E-state index >= 15 is 0 Å². The Kier molecular flexibility index (Phi) is 5.23. The minimum atomic E-state index is -0.832. The monoisotopic (exact) mass is 377 g/mol. The van der Waals surface area contributed by atoms with Gasteiger partial charge >= 0.3 is 6.03 Å². The van der Waals surface area contributed by atoms with Crippen molar-refractivity contribution in [2.75, 3.05) is 13.6 Å². The average Bonchev–Trinajstić information content (AvgIpc) is 2.82. The first kappa shape index (κ1) is 18.7. The van der Waals surface area contributed by atoms with Crippen LogP contribution in [0.1, 0.15) is 38.2 Å². The van der Waals surface area contributed by atoms with Crippen molar-refractivity contribution in [3.63, 3.8) is 0 Å². The van der Waals surface area contributed by atoms with Crippen molar-refractivity contribution in [1.29, 1.82) is 0 Å². The summed E-state index contributed by atoms with van der Waals surface area (Å²) in [4.78, 5) is 40.4. The molecule has 1 saturated carbocycles. The fraction of sp³-hybridized carbons (Fsp3) is 0.526. The van der Waals surface area contributed by atoms with Crippen LogP contribution in [-0.4, -0.2) is 46.8 Å². The third-order valence-corrected chi connectivity index (χ3v) is 5.76. The molecule has 7 heteroatoms. The number of benzene rings is 1. The maximum atomic E-state index is 12.9. The van der Waals surface area contributed by atoms with E-state index < -0.39 is 11.6 Å². The minimum Gasteiger partial charge on any atom is -0.340 e. The summed E-state index contributed by atoms with van der Waals surface area (Å²) < 4.78 is 0. The number of carbonyl (C=O) groups excluding carboxylic acids is 3. The highest BCUT2D eigenvalue weighted by Crippen LogP contribution is 2.38. The molecule has 1 heterocycles. The van der Waals surface area contributed by atoms with E-state index in [1.54, 1.807) is 19.2 Å². The van der Waals surface area contributed by atoms with Gasteiger partial charge in [-0.2, -0.15) is 0 Å². The molecule has 2 aliphatic rings. The van der Waals surface area contributed by atoms with E-state index in [1.807, 2.05) is 19.1 Å². The third kappa shape index (κ3) is 3.43. The van der Waals surface area contributed by atoms with Crippen LogP contribution in [-0.2, 0) is 16.1 Å². The number of likely N-dealkylation sites (N-methyl/N-ethyl adjacent to an activating group) is 1. The highest BCUT2D eigenvalue weighted by Gasteiger charge is 2.55. The topological polar surface area (TPSA) is 69.7 Å². The van der Waals surface area contributed by atoms with Crippen LogP contribution in [0.25, 0.3) is 0 Å². The average molecular weight is 378 g/mol. The number of hydrogen-bond acceptors (Lipinski definition) is 3. The Labute approximate surface area is 158 Å². The first-order valence-electron chi connectivity index (χ1n) is 8.96. The number of rotatable bonds is 4. The van der Waals surface area contributed by atoms with Gasteiger partial charge in [-0.15, -0.1) is 0 Å². The van der Waals surface area contributed by atoms with Gasteiger partial charge in [0.15, 0.2) is 0 Å².